The fourth-order valence-corrected chi connectivity index (χ4v) is 6.68. The Labute approximate surface area is 211 Å². The van der Waals surface area contributed by atoms with Crippen molar-refractivity contribution >= 4 is 21.5 Å². The summed E-state index contributed by atoms with van der Waals surface area (Å²) in [6.07, 6.45) is 4.01. The van der Waals surface area contributed by atoms with Gasteiger partial charge in [-0.1, -0.05) is 53.7 Å². The normalized spacial score (nSPS) is 17.7. The highest BCUT2D eigenvalue weighted by molar-refractivity contribution is 7.89. The van der Waals surface area contributed by atoms with E-state index in [1.807, 2.05) is 23.1 Å². The molecule has 9 heteroatoms. The molecule has 0 unspecified atom stereocenters. The maximum atomic E-state index is 13.5. The standard InChI is InChI=1S/C27H30N4O4S/c1-19-8-9-24(26-28-20(2)35-29-26)18-25(19)36(33,34)31-16-12-23(13-17-31)27(32)30-14-10-22(11-15-30)21-6-4-3-5-7-21/h3-10,18,23H,11-17H2,1-2H3. The van der Waals surface area contributed by atoms with Gasteiger partial charge in [-0.3, -0.25) is 4.79 Å². The number of hydrogen-bond donors (Lipinski definition) is 0. The Kier molecular flexibility index (Phi) is 6.77. The molecule has 3 aromatic rings. The molecule has 36 heavy (non-hydrogen) atoms. The van der Waals surface area contributed by atoms with E-state index >= 15 is 0 Å². The van der Waals surface area contributed by atoms with Crippen LogP contribution in [0.25, 0.3) is 17.0 Å². The molecule has 2 aliphatic rings. The number of carbonyl (C=O) groups is 1. The van der Waals surface area contributed by atoms with E-state index < -0.39 is 10.0 Å². The van der Waals surface area contributed by atoms with Crippen molar-refractivity contribution < 1.29 is 17.7 Å². The van der Waals surface area contributed by atoms with E-state index in [1.54, 1.807) is 32.0 Å². The molecule has 0 atom stereocenters. The number of sulfonamides is 1. The molecule has 3 heterocycles. The summed E-state index contributed by atoms with van der Waals surface area (Å²) in [5.41, 5.74) is 3.73. The van der Waals surface area contributed by atoms with Gasteiger partial charge in [0.15, 0.2) is 0 Å². The highest BCUT2D eigenvalue weighted by Gasteiger charge is 2.35. The number of benzene rings is 2. The molecule has 188 valence electrons. The first kappa shape index (κ1) is 24.4. The summed E-state index contributed by atoms with van der Waals surface area (Å²) >= 11 is 0. The fourth-order valence-electron chi connectivity index (χ4n) is 4.96. The van der Waals surface area contributed by atoms with Crippen LogP contribution in [0, 0.1) is 19.8 Å². The summed E-state index contributed by atoms with van der Waals surface area (Å²) in [4.78, 5) is 19.5. The van der Waals surface area contributed by atoms with Crippen LogP contribution in [-0.2, 0) is 14.8 Å². The van der Waals surface area contributed by atoms with Crippen LogP contribution in [0.2, 0.25) is 0 Å². The van der Waals surface area contributed by atoms with E-state index in [4.69, 9.17) is 4.52 Å². The number of hydrogen-bond acceptors (Lipinski definition) is 6. The van der Waals surface area contributed by atoms with Gasteiger partial charge >= 0.3 is 0 Å². The summed E-state index contributed by atoms with van der Waals surface area (Å²) in [6.45, 7) is 5.41. The molecule has 0 saturated carbocycles. The summed E-state index contributed by atoms with van der Waals surface area (Å²) in [5, 5.41) is 3.91. The predicted octanol–water partition coefficient (Wildman–Crippen LogP) is 4.07. The van der Waals surface area contributed by atoms with Gasteiger partial charge in [-0.25, -0.2) is 8.42 Å². The predicted molar refractivity (Wildman–Crippen MR) is 136 cm³/mol. The van der Waals surface area contributed by atoms with Crippen molar-refractivity contribution in [2.75, 3.05) is 26.2 Å². The van der Waals surface area contributed by atoms with Crippen LogP contribution in [-0.4, -0.2) is 59.8 Å². The van der Waals surface area contributed by atoms with Gasteiger partial charge in [-0.15, -0.1) is 0 Å². The van der Waals surface area contributed by atoms with Gasteiger partial charge in [0, 0.05) is 44.6 Å². The monoisotopic (exact) mass is 506 g/mol. The van der Waals surface area contributed by atoms with Crippen molar-refractivity contribution in [2.45, 2.75) is 38.0 Å². The first-order valence-electron chi connectivity index (χ1n) is 12.3. The highest BCUT2D eigenvalue weighted by Crippen LogP contribution is 2.30. The molecule has 1 aromatic heterocycles. The Balaban J connectivity index is 1.24. The van der Waals surface area contributed by atoms with Crippen LogP contribution in [0.4, 0.5) is 0 Å². The van der Waals surface area contributed by atoms with Gasteiger partial charge in [-0.2, -0.15) is 9.29 Å². The van der Waals surface area contributed by atoms with Crippen LogP contribution in [0.3, 0.4) is 0 Å². The third kappa shape index (κ3) is 4.85. The molecule has 1 saturated heterocycles. The number of aryl methyl sites for hydroxylation is 2. The fraction of sp³-hybridized carbons (Fsp3) is 0.370. The lowest BCUT2D eigenvalue weighted by Crippen LogP contribution is -2.45. The minimum atomic E-state index is -3.72. The van der Waals surface area contributed by atoms with Crippen molar-refractivity contribution in [3.63, 3.8) is 0 Å². The van der Waals surface area contributed by atoms with Crippen LogP contribution >= 0.6 is 0 Å². The molecule has 0 N–H and O–H groups in total. The lowest BCUT2D eigenvalue weighted by atomic mass is 9.94. The first-order valence-corrected chi connectivity index (χ1v) is 13.7. The molecule has 0 bridgehead atoms. The largest absolute Gasteiger partial charge is 0.339 e. The second kappa shape index (κ2) is 9.99. The smallest absolute Gasteiger partial charge is 0.243 e. The Hall–Kier alpha value is -3.30. The highest BCUT2D eigenvalue weighted by atomic mass is 32.2. The minimum absolute atomic E-state index is 0.126. The van der Waals surface area contributed by atoms with Gasteiger partial charge in [0.2, 0.25) is 27.6 Å². The molecular formula is C27H30N4O4S. The van der Waals surface area contributed by atoms with Gasteiger partial charge < -0.3 is 9.42 Å². The number of nitrogens with zero attached hydrogens (tertiary/aromatic N) is 4. The molecule has 0 radical (unpaired) electrons. The number of carbonyl (C=O) groups excluding carboxylic acids is 1. The zero-order valence-electron chi connectivity index (χ0n) is 20.6. The average Bonchev–Trinajstić information content (AvgIpc) is 3.35. The second-order valence-electron chi connectivity index (χ2n) is 9.43. The Morgan fingerprint density at radius 2 is 1.75 bits per heavy atom. The Bertz CT molecular complexity index is 1390. The number of rotatable bonds is 5. The van der Waals surface area contributed by atoms with E-state index in [2.05, 4.69) is 28.3 Å². The van der Waals surface area contributed by atoms with E-state index in [1.165, 1.54) is 15.4 Å². The summed E-state index contributed by atoms with van der Waals surface area (Å²) in [6, 6.07) is 15.4. The van der Waals surface area contributed by atoms with E-state index in [9.17, 15) is 13.2 Å². The molecule has 2 aliphatic heterocycles. The Morgan fingerprint density at radius 3 is 2.39 bits per heavy atom. The zero-order valence-corrected chi connectivity index (χ0v) is 21.4. The quantitative estimate of drug-likeness (QED) is 0.518. The number of amides is 1. The Morgan fingerprint density at radius 1 is 1.00 bits per heavy atom. The summed E-state index contributed by atoms with van der Waals surface area (Å²) in [7, 11) is -3.72. The van der Waals surface area contributed by atoms with Crippen LogP contribution in [0.15, 0.2) is 64.0 Å². The SMILES string of the molecule is Cc1nc(-c2ccc(C)c(S(=O)(=O)N3CCC(C(=O)N4CC=C(c5ccccc5)CC4)CC3)c2)no1. The molecule has 2 aromatic carbocycles. The summed E-state index contributed by atoms with van der Waals surface area (Å²) in [5.74, 6) is 0.750. The average molecular weight is 507 g/mol. The molecule has 5 rings (SSSR count). The first-order chi connectivity index (χ1) is 17.3. The zero-order chi connectivity index (χ0) is 25.3. The van der Waals surface area contributed by atoms with E-state index in [0.717, 1.165) is 6.42 Å². The number of piperidine rings is 1. The maximum Gasteiger partial charge on any atom is 0.243 e. The third-order valence-corrected chi connectivity index (χ3v) is 9.10. The second-order valence-corrected chi connectivity index (χ2v) is 11.3. The topological polar surface area (TPSA) is 96.6 Å². The molecule has 1 amide bonds. The number of aromatic nitrogens is 2. The van der Waals surface area contributed by atoms with Crippen molar-refractivity contribution in [3.8, 4) is 11.4 Å². The van der Waals surface area contributed by atoms with Crippen molar-refractivity contribution in [1.82, 2.24) is 19.3 Å². The molecular weight excluding hydrogens is 476 g/mol. The molecule has 8 nitrogen and oxygen atoms in total. The minimum Gasteiger partial charge on any atom is -0.339 e. The molecule has 1 fully saturated rings. The van der Waals surface area contributed by atoms with Crippen molar-refractivity contribution in [1.29, 1.82) is 0 Å². The lowest BCUT2D eigenvalue weighted by Gasteiger charge is -2.35. The van der Waals surface area contributed by atoms with Gasteiger partial charge in [0.25, 0.3) is 0 Å². The summed E-state index contributed by atoms with van der Waals surface area (Å²) < 4.78 is 33.5. The third-order valence-electron chi connectivity index (χ3n) is 7.06. The van der Waals surface area contributed by atoms with Gasteiger partial charge in [0.1, 0.15) is 0 Å². The lowest BCUT2D eigenvalue weighted by molar-refractivity contribution is -0.136. The van der Waals surface area contributed by atoms with Crippen molar-refractivity contribution in [3.05, 3.63) is 71.6 Å². The van der Waals surface area contributed by atoms with Crippen LogP contribution < -0.4 is 0 Å². The van der Waals surface area contributed by atoms with E-state index in [0.29, 0.717) is 61.9 Å². The van der Waals surface area contributed by atoms with Crippen LogP contribution in [0.5, 0.6) is 0 Å². The van der Waals surface area contributed by atoms with Gasteiger partial charge in [0.05, 0.1) is 4.90 Å². The molecule has 0 aliphatic carbocycles. The molecule has 0 spiro atoms. The maximum absolute atomic E-state index is 13.5. The van der Waals surface area contributed by atoms with Crippen molar-refractivity contribution in [2.24, 2.45) is 5.92 Å². The van der Waals surface area contributed by atoms with E-state index in [-0.39, 0.29) is 16.7 Å². The van der Waals surface area contributed by atoms with Gasteiger partial charge in [-0.05, 0) is 49.0 Å². The van der Waals surface area contributed by atoms with Crippen LogP contribution in [0.1, 0.15) is 36.3 Å².